The normalized spacial score (nSPS) is 14.5. The van der Waals surface area contributed by atoms with E-state index in [1.54, 1.807) is 0 Å². The van der Waals surface area contributed by atoms with Crippen molar-refractivity contribution >= 4 is 34.4 Å². The fourth-order valence-corrected chi connectivity index (χ4v) is 4.29. The third-order valence-corrected chi connectivity index (χ3v) is 5.97. The first-order valence-corrected chi connectivity index (χ1v) is 11.6. The van der Waals surface area contributed by atoms with Crippen molar-refractivity contribution in [3.05, 3.63) is 46.3 Å². The zero-order chi connectivity index (χ0) is 24.4. The average Bonchev–Trinajstić information content (AvgIpc) is 3.11. The third-order valence-electron chi connectivity index (χ3n) is 5.97. The lowest BCUT2D eigenvalue weighted by Gasteiger charge is -2.18. The van der Waals surface area contributed by atoms with Crippen LogP contribution in [-0.4, -0.2) is 35.9 Å². The van der Waals surface area contributed by atoms with Crippen LogP contribution in [0.1, 0.15) is 49.8 Å². The molecule has 0 saturated carbocycles. The monoisotopic (exact) mass is 463 g/mol. The van der Waals surface area contributed by atoms with Crippen molar-refractivity contribution in [3.63, 3.8) is 0 Å². The highest BCUT2D eigenvalue weighted by Gasteiger charge is 2.32. The predicted molar refractivity (Wildman–Crippen MR) is 128 cm³/mol. The van der Waals surface area contributed by atoms with E-state index in [1.165, 1.54) is 0 Å². The Morgan fingerprint density at radius 1 is 1.09 bits per heavy atom. The number of fused-ring (bicyclic) bond motifs is 2. The molecule has 178 valence electrons. The van der Waals surface area contributed by atoms with Gasteiger partial charge in [0.25, 0.3) is 11.8 Å². The van der Waals surface area contributed by atoms with Gasteiger partial charge in [-0.05, 0) is 62.9 Å². The molecule has 1 N–H and O–H groups in total. The van der Waals surface area contributed by atoms with Crippen LogP contribution in [0.25, 0.3) is 22.3 Å². The van der Waals surface area contributed by atoms with Crippen molar-refractivity contribution in [1.82, 2.24) is 5.06 Å². The van der Waals surface area contributed by atoms with E-state index >= 15 is 0 Å². The van der Waals surface area contributed by atoms with Gasteiger partial charge >= 0.3 is 5.97 Å². The molecule has 3 aliphatic rings. The minimum absolute atomic E-state index is 0.0133. The number of hydrogen-bond acceptors (Lipinski definition) is 7. The van der Waals surface area contributed by atoms with Gasteiger partial charge in [-0.3, -0.25) is 14.6 Å². The number of nitrogens with one attached hydrogen (secondary N) is 1. The minimum Gasteiger partial charge on any atom is -0.456 e. The number of hydrogen-bond donors (Lipinski definition) is 1. The van der Waals surface area contributed by atoms with E-state index in [0.29, 0.717) is 29.4 Å². The Morgan fingerprint density at radius 3 is 2.50 bits per heavy atom. The Kier molecular flexibility index (Phi) is 6.68. The van der Waals surface area contributed by atoms with Crippen molar-refractivity contribution < 1.29 is 23.6 Å². The maximum absolute atomic E-state index is 12.5. The maximum Gasteiger partial charge on any atom is 0.333 e. The Hall–Kier alpha value is -3.68. The van der Waals surface area contributed by atoms with Crippen molar-refractivity contribution in [3.8, 4) is 11.3 Å². The zero-order valence-electron chi connectivity index (χ0n) is 20.0. The molecule has 1 fully saturated rings. The molecule has 1 aliphatic carbocycles. The molecular weight excluding hydrogens is 434 g/mol. The largest absolute Gasteiger partial charge is 0.456 e. The van der Waals surface area contributed by atoms with Gasteiger partial charge in [-0.2, -0.15) is 0 Å². The van der Waals surface area contributed by atoms with E-state index in [1.807, 2.05) is 45.9 Å². The second-order valence-corrected chi connectivity index (χ2v) is 8.43. The van der Waals surface area contributed by atoms with Gasteiger partial charge in [0.15, 0.2) is 0 Å². The topological polar surface area (TPSA) is 101 Å². The molecule has 0 unspecified atom stereocenters. The Morgan fingerprint density at radius 2 is 1.82 bits per heavy atom. The van der Waals surface area contributed by atoms with Crippen LogP contribution in [0.5, 0.6) is 0 Å². The van der Waals surface area contributed by atoms with Gasteiger partial charge in [-0.25, -0.2) is 4.79 Å². The number of carbonyl (C=O) groups excluding carboxylic acids is 3. The quantitative estimate of drug-likeness (QED) is 0.419. The highest BCUT2D eigenvalue weighted by molar-refractivity contribution is 6.01. The summed E-state index contributed by atoms with van der Waals surface area (Å²) >= 11 is 0. The molecule has 1 aromatic carbocycles. The summed E-state index contributed by atoms with van der Waals surface area (Å²) < 4.78 is 6.30. The molecule has 0 bridgehead atoms. The summed E-state index contributed by atoms with van der Waals surface area (Å²) in [7, 11) is 0. The summed E-state index contributed by atoms with van der Waals surface area (Å²) in [5.41, 5.74) is 5.62. The molecule has 0 atom stereocenters. The van der Waals surface area contributed by atoms with Crippen LogP contribution < -0.4 is 10.7 Å². The van der Waals surface area contributed by atoms with E-state index in [0.717, 1.165) is 45.2 Å². The molecule has 34 heavy (non-hydrogen) atoms. The molecule has 2 heterocycles. The summed E-state index contributed by atoms with van der Waals surface area (Å²) in [6, 6.07) is 8.01. The lowest BCUT2D eigenvalue weighted by molar-refractivity contribution is -0.197. The third kappa shape index (κ3) is 4.53. The molecule has 1 aromatic rings. The van der Waals surface area contributed by atoms with Crippen LogP contribution in [0.2, 0.25) is 0 Å². The number of aryl methyl sites for hydroxylation is 3. The van der Waals surface area contributed by atoms with Gasteiger partial charge in [0.1, 0.15) is 11.3 Å². The first kappa shape index (κ1) is 23.5. The first-order chi connectivity index (χ1) is 16.3. The second kappa shape index (κ2) is 9.67. The van der Waals surface area contributed by atoms with E-state index in [9.17, 15) is 14.4 Å². The van der Waals surface area contributed by atoms with Crippen LogP contribution in [0.15, 0.2) is 33.7 Å². The summed E-state index contributed by atoms with van der Waals surface area (Å²) in [5, 5.41) is 5.72. The van der Waals surface area contributed by atoms with Gasteiger partial charge in [-0.15, -0.1) is 5.06 Å². The number of benzene rings is 2. The SMILES string of the molecule is CCN=c1cc2oc3cc(NCC)c(C)cc3c(CCC(=O)ON3C(=O)CCC3=O)c-2cc1C. The van der Waals surface area contributed by atoms with Gasteiger partial charge in [0, 0.05) is 54.7 Å². The summed E-state index contributed by atoms with van der Waals surface area (Å²) in [4.78, 5) is 45.7. The molecule has 0 spiro atoms. The molecule has 2 amide bonds. The lowest BCUT2D eigenvalue weighted by Crippen LogP contribution is -2.32. The summed E-state index contributed by atoms with van der Waals surface area (Å²) in [6.07, 6.45) is 0.514. The second-order valence-electron chi connectivity index (χ2n) is 8.43. The first-order valence-electron chi connectivity index (χ1n) is 11.6. The van der Waals surface area contributed by atoms with E-state index in [4.69, 9.17) is 9.25 Å². The molecule has 0 aromatic heterocycles. The van der Waals surface area contributed by atoms with Crippen molar-refractivity contribution in [1.29, 1.82) is 0 Å². The number of amides is 2. The average molecular weight is 464 g/mol. The van der Waals surface area contributed by atoms with Crippen LogP contribution in [0, 0.1) is 13.8 Å². The van der Waals surface area contributed by atoms with E-state index in [-0.39, 0.29) is 19.3 Å². The lowest BCUT2D eigenvalue weighted by atomic mass is 9.93. The van der Waals surface area contributed by atoms with Gasteiger partial charge in [0.05, 0.1) is 11.8 Å². The highest BCUT2D eigenvalue weighted by Crippen LogP contribution is 2.36. The van der Waals surface area contributed by atoms with Crippen molar-refractivity contribution in [2.75, 3.05) is 18.4 Å². The predicted octanol–water partition coefficient (Wildman–Crippen LogP) is 4.05. The summed E-state index contributed by atoms with van der Waals surface area (Å²) in [6.45, 7) is 9.50. The molecule has 4 rings (SSSR count). The van der Waals surface area contributed by atoms with Crippen molar-refractivity contribution in [2.45, 2.75) is 53.4 Å². The van der Waals surface area contributed by atoms with Gasteiger partial charge < -0.3 is 14.6 Å². The van der Waals surface area contributed by atoms with E-state index < -0.39 is 17.8 Å². The van der Waals surface area contributed by atoms with Crippen LogP contribution in [0.3, 0.4) is 0 Å². The standard InChI is InChI=1S/C26H29N3O5/c1-5-27-20-13-22-18(11-15(20)3)17(7-10-26(32)34-29-24(30)8-9-25(29)31)19-12-16(4)21(28-6-2)14-23(19)33-22/h11-14,27H,5-10H2,1-4H3. The van der Waals surface area contributed by atoms with Gasteiger partial charge in [-0.1, -0.05) is 0 Å². The Balaban J connectivity index is 1.77. The zero-order valence-corrected chi connectivity index (χ0v) is 20.0. The molecule has 8 nitrogen and oxygen atoms in total. The summed E-state index contributed by atoms with van der Waals surface area (Å²) in [5.74, 6) is -0.907. The number of anilines is 1. The number of rotatable bonds is 7. The molecule has 1 saturated heterocycles. The molecule has 8 heteroatoms. The molecular formula is C26H29N3O5. The van der Waals surface area contributed by atoms with Crippen molar-refractivity contribution in [2.24, 2.45) is 4.99 Å². The number of imide groups is 1. The van der Waals surface area contributed by atoms with Gasteiger partial charge in [0.2, 0.25) is 0 Å². The van der Waals surface area contributed by atoms with Crippen LogP contribution in [0.4, 0.5) is 5.69 Å². The minimum atomic E-state index is -0.624. The highest BCUT2D eigenvalue weighted by atomic mass is 16.7. The number of carbonyl (C=O) groups is 3. The number of hydroxylamine groups is 2. The van der Waals surface area contributed by atoms with Crippen LogP contribution >= 0.6 is 0 Å². The maximum atomic E-state index is 12.5. The van der Waals surface area contributed by atoms with E-state index in [2.05, 4.69) is 16.4 Å². The Labute approximate surface area is 197 Å². The van der Waals surface area contributed by atoms with Crippen LogP contribution in [-0.2, 0) is 25.6 Å². The number of nitrogens with zero attached hydrogens (tertiary/aromatic N) is 2. The molecule has 2 aliphatic heterocycles. The fraction of sp³-hybridized carbons (Fsp3) is 0.385. The smallest absolute Gasteiger partial charge is 0.333 e. The fourth-order valence-electron chi connectivity index (χ4n) is 4.29. The Bertz CT molecular complexity index is 1310. The molecule has 0 radical (unpaired) electrons.